The monoisotopic (exact) mass is 305 g/mol. The van der Waals surface area contributed by atoms with Crippen LogP contribution in [0, 0.1) is 0 Å². The van der Waals surface area contributed by atoms with Crippen LogP contribution < -0.4 is 0 Å². The molecule has 2 heterocycles. The SMILES string of the molecule is CN1[C@@H]2C[C@H](OC(=O)[C@@H](CO)c3ccccc3)C[C@@H]1[C@@H](O)C2. The molecule has 2 bridgehead atoms. The predicted molar refractivity (Wildman–Crippen MR) is 81.3 cm³/mol. The van der Waals surface area contributed by atoms with Crippen LogP contribution in [-0.2, 0) is 9.53 Å². The van der Waals surface area contributed by atoms with Crippen molar-refractivity contribution in [2.45, 2.75) is 49.5 Å². The highest BCUT2D eigenvalue weighted by atomic mass is 16.5. The van der Waals surface area contributed by atoms with Gasteiger partial charge in [-0.15, -0.1) is 0 Å². The van der Waals surface area contributed by atoms with E-state index in [0.717, 1.165) is 18.4 Å². The van der Waals surface area contributed by atoms with Gasteiger partial charge in [-0.25, -0.2) is 0 Å². The van der Waals surface area contributed by atoms with Crippen molar-refractivity contribution < 1.29 is 19.7 Å². The van der Waals surface area contributed by atoms with Gasteiger partial charge in [0.2, 0.25) is 0 Å². The minimum absolute atomic E-state index is 0.0702. The first-order valence-corrected chi connectivity index (χ1v) is 7.86. The Morgan fingerprint density at radius 2 is 2.05 bits per heavy atom. The van der Waals surface area contributed by atoms with E-state index in [-0.39, 0.29) is 36.9 Å². The zero-order valence-corrected chi connectivity index (χ0v) is 12.8. The lowest BCUT2D eigenvalue weighted by Gasteiger charge is -2.36. The van der Waals surface area contributed by atoms with Crippen molar-refractivity contribution in [3.05, 3.63) is 35.9 Å². The highest BCUT2D eigenvalue weighted by Crippen LogP contribution is 2.36. The molecule has 2 aliphatic rings. The fraction of sp³-hybridized carbons (Fsp3) is 0.588. The Hall–Kier alpha value is -1.43. The highest BCUT2D eigenvalue weighted by molar-refractivity contribution is 5.78. The number of likely N-dealkylation sites (N-methyl/N-ethyl adjacent to an activating group) is 1. The lowest BCUT2D eigenvalue weighted by atomic mass is 9.98. The van der Waals surface area contributed by atoms with E-state index in [2.05, 4.69) is 4.90 Å². The van der Waals surface area contributed by atoms with E-state index in [4.69, 9.17) is 4.74 Å². The van der Waals surface area contributed by atoms with Gasteiger partial charge in [0.05, 0.1) is 12.7 Å². The van der Waals surface area contributed by atoms with Crippen molar-refractivity contribution in [2.24, 2.45) is 0 Å². The summed E-state index contributed by atoms with van der Waals surface area (Å²) in [5, 5.41) is 19.6. The van der Waals surface area contributed by atoms with Gasteiger partial charge in [-0.05, 0) is 19.0 Å². The maximum absolute atomic E-state index is 12.4. The zero-order valence-electron chi connectivity index (χ0n) is 12.8. The van der Waals surface area contributed by atoms with E-state index in [9.17, 15) is 15.0 Å². The van der Waals surface area contributed by atoms with Gasteiger partial charge in [0.25, 0.3) is 0 Å². The van der Waals surface area contributed by atoms with Crippen LogP contribution >= 0.6 is 0 Å². The molecule has 0 spiro atoms. The smallest absolute Gasteiger partial charge is 0.316 e. The molecule has 1 aromatic carbocycles. The minimum atomic E-state index is -0.636. The molecule has 22 heavy (non-hydrogen) atoms. The Labute approximate surface area is 130 Å². The Balaban J connectivity index is 1.65. The molecule has 3 rings (SSSR count). The largest absolute Gasteiger partial charge is 0.462 e. The fourth-order valence-corrected chi connectivity index (χ4v) is 3.74. The molecule has 0 unspecified atom stereocenters. The predicted octanol–water partition coefficient (Wildman–Crippen LogP) is 0.902. The number of aliphatic hydroxyl groups is 2. The number of esters is 1. The van der Waals surface area contributed by atoms with Crippen LogP contribution in [0.3, 0.4) is 0 Å². The number of ether oxygens (including phenoxy) is 1. The van der Waals surface area contributed by atoms with Crippen LogP contribution in [0.5, 0.6) is 0 Å². The number of benzene rings is 1. The second-order valence-electron chi connectivity index (χ2n) is 6.37. The first kappa shape index (κ1) is 15.5. The van der Waals surface area contributed by atoms with Crippen LogP contribution in [0.15, 0.2) is 30.3 Å². The molecular weight excluding hydrogens is 282 g/mol. The second-order valence-corrected chi connectivity index (χ2v) is 6.37. The maximum atomic E-state index is 12.4. The molecule has 5 nitrogen and oxygen atoms in total. The van der Waals surface area contributed by atoms with Crippen molar-refractivity contribution in [3.63, 3.8) is 0 Å². The van der Waals surface area contributed by atoms with Gasteiger partial charge in [0.15, 0.2) is 0 Å². The molecule has 1 aromatic rings. The minimum Gasteiger partial charge on any atom is -0.462 e. The molecule has 0 amide bonds. The van der Waals surface area contributed by atoms with E-state index in [1.807, 2.05) is 37.4 Å². The first-order valence-electron chi connectivity index (χ1n) is 7.86. The number of aliphatic hydroxyl groups excluding tert-OH is 2. The first-order chi connectivity index (χ1) is 10.6. The number of carbonyl (C=O) groups is 1. The van der Waals surface area contributed by atoms with Crippen molar-refractivity contribution in [2.75, 3.05) is 13.7 Å². The highest BCUT2D eigenvalue weighted by Gasteiger charge is 2.45. The van der Waals surface area contributed by atoms with E-state index in [1.54, 1.807) is 0 Å². The number of piperidine rings is 1. The quantitative estimate of drug-likeness (QED) is 0.809. The molecule has 0 aliphatic carbocycles. The molecule has 2 fully saturated rings. The van der Waals surface area contributed by atoms with E-state index in [0.29, 0.717) is 6.42 Å². The Morgan fingerprint density at radius 1 is 1.32 bits per heavy atom. The Kier molecular flexibility index (Phi) is 4.47. The van der Waals surface area contributed by atoms with Crippen LogP contribution in [0.2, 0.25) is 0 Å². The summed E-state index contributed by atoms with van der Waals surface area (Å²) in [6.07, 6.45) is 1.66. The molecule has 120 valence electrons. The van der Waals surface area contributed by atoms with Crippen molar-refractivity contribution in [1.82, 2.24) is 4.90 Å². The van der Waals surface area contributed by atoms with Gasteiger partial charge in [-0.1, -0.05) is 30.3 Å². The second kappa shape index (κ2) is 6.36. The van der Waals surface area contributed by atoms with Crippen molar-refractivity contribution in [3.8, 4) is 0 Å². The zero-order chi connectivity index (χ0) is 15.7. The van der Waals surface area contributed by atoms with E-state index in [1.165, 1.54) is 0 Å². The van der Waals surface area contributed by atoms with Gasteiger partial charge in [-0.2, -0.15) is 0 Å². The molecule has 2 N–H and O–H groups in total. The molecular formula is C17H23NO4. The number of carbonyl (C=O) groups excluding carboxylic acids is 1. The Morgan fingerprint density at radius 3 is 2.68 bits per heavy atom. The molecule has 2 saturated heterocycles. The molecule has 5 atom stereocenters. The lowest BCUT2D eigenvalue weighted by Crippen LogP contribution is -2.45. The third-order valence-corrected chi connectivity index (χ3v) is 5.05. The van der Waals surface area contributed by atoms with E-state index < -0.39 is 5.92 Å². The average Bonchev–Trinajstić information content (AvgIpc) is 2.68. The number of nitrogens with zero attached hydrogens (tertiary/aromatic N) is 1. The fourth-order valence-electron chi connectivity index (χ4n) is 3.74. The number of hydrogen-bond acceptors (Lipinski definition) is 5. The van der Waals surface area contributed by atoms with Crippen molar-refractivity contribution >= 4 is 5.97 Å². The number of fused-ring (bicyclic) bond motifs is 2. The summed E-state index contributed by atoms with van der Waals surface area (Å²) < 4.78 is 5.64. The number of hydrogen-bond donors (Lipinski definition) is 2. The number of rotatable bonds is 4. The molecule has 0 radical (unpaired) electrons. The van der Waals surface area contributed by atoms with Crippen LogP contribution in [0.1, 0.15) is 30.7 Å². The molecule has 0 saturated carbocycles. The third kappa shape index (κ3) is 2.89. The standard InChI is InChI=1S/C17H23NO4/c1-18-12-7-13(9-15(18)16(20)8-12)22-17(21)14(10-19)11-5-3-2-4-6-11/h2-6,12-16,19-20H,7-10H2,1H3/t12-,13+,14+,15-,16+/m1/s1. The third-order valence-electron chi connectivity index (χ3n) is 5.05. The summed E-state index contributed by atoms with van der Waals surface area (Å²) in [5.41, 5.74) is 0.769. The van der Waals surface area contributed by atoms with Crippen molar-refractivity contribution in [1.29, 1.82) is 0 Å². The van der Waals surface area contributed by atoms with Gasteiger partial charge in [-0.3, -0.25) is 9.69 Å². The maximum Gasteiger partial charge on any atom is 0.316 e. The normalized spacial score (nSPS) is 32.7. The van der Waals surface area contributed by atoms with E-state index >= 15 is 0 Å². The summed E-state index contributed by atoms with van der Waals surface area (Å²) in [5.74, 6) is -1.01. The van der Waals surface area contributed by atoms with Crippen LogP contribution in [0.4, 0.5) is 0 Å². The molecule has 2 aliphatic heterocycles. The topological polar surface area (TPSA) is 70.0 Å². The molecule has 0 aromatic heterocycles. The van der Waals surface area contributed by atoms with Crippen LogP contribution in [-0.4, -0.2) is 59.0 Å². The van der Waals surface area contributed by atoms with Gasteiger partial charge < -0.3 is 14.9 Å². The summed E-state index contributed by atoms with van der Waals surface area (Å²) in [4.78, 5) is 14.6. The van der Waals surface area contributed by atoms with Gasteiger partial charge in [0, 0.05) is 24.9 Å². The Bertz CT molecular complexity index is 521. The van der Waals surface area contributed by atoms with Gasteiger partial charge in [0.1, 0.15) is 12.0 Å². The summed E-state index contributed by atoms with van der Waals surface area (Å²) in [6.45, 7) is -0.259. The lowest BCUT2D eigenvalue weighted by molar-refractivity contribution is -0.155. The summed E-state index contributed by atoms with van der Waals surface area (Å²) >= 11 is 0. The molecule has 5 heteroatoms. The summed E-state index contributed by atoms with van der Waals surface area (Å²) in [6, 6.07) is 9.56. The summed E-state index contributed by atoms with van der Waals surface area (Å²) in [7, 11) is 2.02. The van der Waals surface area contributed by atoms with Crippen LogP contribution in [0.25, 0.3) is 0 Å². The van der Waals surface area contributed by atoms with Gasteiger partial charge >= 0.3 is 5.97 Å². The average molecular weight is 305 g/mol.